The molecule has 56 valence electrons. The first-order chi connectivity index (χ1) is 4.24. The maximum atomic E-state index is 5.08. The van der Waals surface area contributed by atoms with E-state index in [1.165, 1.54) is 0 Å². The van der Waals surface area contributed by atoms with Gasteiger partial charge in [-0.3, -0.25) is 0 Å². The van der Waals surface area contributed by atoms with Crippen molar-refractivity contribution < 1.29 is 11.3 Å². The van der Waals surface area contributed by atoms with Crippen molar-refractivity contribution in [1.82, 2.24) is 0 Å². The van der Waals surface area contributed by atoms with Crippen LogP contribution in [0.3, 0.4) is 0 Å². The second kappa shape index (κ2) is 4.68. The van der Waals surface area contributed by atoms with Crippen LogP contribution in [0.1, 0.15) is 0 Å². The predicted molar refractivity (Wildman–Crippen MR) is 40.6 cm³/mol. The van der Waals surface area contributed by atoms with Crippen molar-refractivity contribution >= 4 is 30.2 Å². The van der Waals surface area contributed by atoms with E-state index in [2.05, 4.69) is 15.9 Å². The van der Waals surface area contributed by atoms with Gasteiger partial charge in [0, 0.05) is 0 Å². The molecule has 0 aromatic heterocycles. The van der Waals surface area contributed by atoms with Gasteiger partial charge < -0.3 is 0 Å². The average Bonchev–Trinajstić information content (AvgIpc) is 1.95. The van der Waals surface area contributed by atoms with Gasteiger partial charge in [-0.15, -0.1) is 0 Å². The second-order valence-corrected chi connectivity index (χ2v) is 10.3. The van der Waals surface area contributed by atoms with E-state index in [1.807, 2.05) is 0 Å². The maximum absolute atomic E-state index is 5.08. The topological polar surface area (TPSA) is 27.7 Å². The Morgan fingerprint density at radius 3 is 1.44 bits per heavy atom. The van der Waals surface area contributed by atoms with Gasteiger partial charge in [-0.2, -0.15) is 0 Å². The zero-order valence-electron chi connectivity index (χ0n) is 5.81. The van der Waals surface area contributed by atoms with Crippen LogP contribution < -0.4 is 0 Å². The van der Waals surface area contributed by atoms with E-state index in [9.17, 15) is 0 Å². The van der Waals surface area contributed by atoms with Crippen molar-refractivity contribution in [2.45, 2.75) is 0 Å². The Kier molecular flexibility index (Phi) is 5.15. The standard InChI is InChI=1S/C4H11BrGeO3/c1-7-6(4-5,8-2)9-3/h4H2,1-3H3. The van der Waals surface area contributed by atoms with Gasteiger partial charge in [0.05, 0.1) is 0 Å². The summed E-state index contributed by atoms with van der Waals surface area (Å²) in [5.41, 5.74) is 0. The van der Waals surface area contributed by atoms with Crippen molar-refractivity contribution in [3.8, 4) is 0 Å². The van der Waals surface area contributed by atoms with E-state index in [-0.39, 0.29) is 0 Å². The van der Waals surface area contributed by atoms with Crippen LogP contribution in [0.2, 0.25) is 0 Å². The Morgan fingerprint density at radius 2 is 1.44 bits per heavy atom. The third-order valence-electron chi connectivity index (χ3n) is 1.10. The normalized spacial score (nSPS) is 12.0. The zero-order valence-corrected chi connectivity index (χ0v) is 9.49. The summed E-state index contributed by atoms with van der Waals surface area (Å²) in [7, 11) is 4.82. The second-order valence-electron chi connectivity index (χ2n) is 1.43. The van der Waals surface area contributed by atoms with E-state index in [0.29, 0.717) is 4.16 Å². The zero-order chi connectivity index (χ0) is 7.33. The molecule has 0 aliphatic carbocycles. The van der Waals surface area contributed by atoms with Crippen molar-refractivity contribution in [2.24, 2.45) is 0 Å². The molecule has 0 atom stereocenters. The van der Waals surface area contributed by atoms with Crippen molar-refractivity contribution in [3.05, 3.63) is 0 Å². The monoisotopic (exact) mass is 260 g/mol. The summed E-state index contributed by atoms with van der Waals surface area (Å²) in [5.74, 6) is 0. The van der Waals surface area contributed by atoms with E-state index in [1.54, 1.807) is 21.3 Å². The van der Waals surface area contributed by atoms with Gasteiger partial charge >= 0.3 is 67.0 Å². The molecule has 0 fully saturated rings. The van der Waals surface area contributed by atoms with Crippen LogP contribution in [0.5, 0.6) is 0 Å². The Labute approximate surface area is 67.2 Å². The summed E-state index contributed by atoms with van der Waals surface area (Å²) in [4.78, 5) is 0. The molecular weight excluding hydrogens is 249 g/mol. The van der Waals surface area contributed by atoms with Gasteiger partial charge in [-0.1, -0.05) is 0 Å². The van der Waals surface area contributed by atoms with E-state index < -0.39 is 14.3 Å². The summed E-state index contributed by atoms with van der Waals surface area (Å²) >= 11 is 0.512. The Morgan fingerprint density at radius 1 is 1.11 bits per heavy atom. The predicted octanol–water partition coefficient (Wildman–Crippen LogP) is 0.799. The first kappa shape index (κ1) is 9.90. The molecule has 0 unspecified atom stereocenters. The van der Waals surface area contributed by atoms with Gasteiger partial charge in [-0.25, -0.2) is 0 Å². The van der Waals surface area contributed by atoms with Crippen LogP contribution in [0, 0.1) is 0 Å². The third-order valence-corrected chi connectivity index (χ3v) is 9.27. The summed E-state index contributed by atoms with van der Waals surface area (Å²) in [5, 5.41) is 0. The molecule has 0 spiro atoms. The molecule has 0 heterocycles. The minimum atomic E-state index is -2.75. The molecular formula is C4H11BrGeO3. The first-order valence-corrected chi connectivity index (χ1v) is 7.63. The Hall–Kier alpha value is 0.903. The molecule has 0 radical (unpaired) electrons. The van der Waals surface area contributed by atoms with Crippen molar-refractivity contribution in [3.63, 3.8) is 0 Å². The third kappa shape index (κ3) is 2.55. The minimum absolute atomic E-state index is 0.677. The van der Waals surface area contributed by atoms with Crippen LogP contribution in [0.4, 0.5) is 0 Å². The number of halogens is 1. The Balaban J connectivity index is 3.82. The van der Waals surface area contributed by atoms with Gasteiger partial charge in [0.25, 0.3) is 0 Å². The molecule has 3 nitrogen and oxygen atoms in total. The molecule has 0 aliphatic heterocycles. The van der Waals surface area contributed by atoms with E-state index in [0.717, 1.165) is 0 Å². The molecule has 9 heavy (non-hydrogen) atoms. The number of alkyl halides is 1. The van der Waals surface area contributed by atoms with Crippen molar-refractivity contribution in [2.75, 3.05) is 25.5 Å². The van der Waals surface area contributed by atoms with Crippen LogP contribution in [0.15, 0.2) is 0 Å². The molecule has 0 rings (SSSR count). The fraction of sp³-hybridized carbons (Fsp3) is 1.00. The van der Waals surface area contributed by atoms with Crippen LogP contribution in [-0.4, -0.2) is 39.8 Å². The Bertz CT molecular complexity index is 58.7. The SMILES string of the molecule is C[O][Ge]([CH2]Br)([O]C)[O]C. The van der Waals surface area contributed by atoms with Crippen LogP contribution in [-0.2, 0) is 11.3 Å². The average molecular weight is 260 g/mol. The van der Waals surface area contributed by atoms with Crippen molar-refractivity contribution in [1.29, 1.82) is 0 Å². The first-order valence-electron chi connectivity index (χ1n) is 2.46. The quantitative estimate of drug-likeness (QED) is 0.552. The molecule has 0 amide bonds. The molecule has 0 saturated heterocycles. The molecule has 0 bridgehead atoms. The van der Waals surface area contributed by atoms with Crippen LogP contribution >= 0.6 is 15.9 Å². The van der Waals surface area contributed by atoms with Gasteiger partial charge in [0.15, 0.2) is 0 Å². The fourth-order valence-corrected chi connectivity index (χ4v) is 5.72. The molecule has 0 aromatic rings. The number of hydrogen-bond donors (Lipinski definition) is 0. The molecule has 0 N–H and O–H groups in total. The summed E-state index contributed by atoms with van der Waals surface area (Å²) in [6.07, 6.45) is 0. The summed E-state index contributed by atoms with van der Waals surface area (Å²) in [6.45, 7) is 0. The fourth-order valence-electron chi connectivity index (χ4n) is 0.414. The molecule has 0 aromatic carbocycles. The van der Waals surface area contributed by atoms with E-state index in [4.69, 9.17) is 11.3 Å². The summed E-state index contributed by atoms with van der Waals surface area (Å²) < 4.78 is 15.9. The number of hydrogen-bond acceptors (Lipinski definition) is 3. The summed E-state index contributed by atoms with van der Waals surface area (Å²) in [6, 6.07) is 0. The van der Waals surface area contributed by atoms with Gasteiger partial charge in [0.2, 0.25) is 0 Å². The van der Waals surface area contributed by atoms with Crippen LogP contribution in [0.25, 0.3) is 0 Å². The molecule has 0 saturated carbocycles. The van der Waals surface area contributed by atoms with Gasteiger partial charge in [0.1, 0.15) is 0 Å². The van der Waals surface area contributed by atoms with E-state index >= 15 is 0 Å². The van der Waals surface area contributed by atoms with Gasteiger partial charge in [-0.05, 0) is 0 Å². The molecule has 0 aliphatic rings. The number of rotatable bonds is 4. The molecule has 5 heteroatoms.